The maximum absolute atomic E-state index is 11.4. The minimum absolute atomic E-state index is 0.121. The Morgan fingerprint density at radius 2 is 1.96 bits per heavy atom. The van der Waals surface area contributed by atoms with Gasteiger partial charge in [0.1, 0.15) is 6.33 Å². The molecular weight excluding hydrogens is 300 g/mol. The highest BCUT2D eigenvalue weighted by Crippen LogP contribution is 2.30. The van der Waals surface area contributed by atoms with E-state index in [0.717, 1.165) is 32.8 Å². The summed E-state index contributed by atoms with van der Waals surface area (Å²) in [5, 5.41) is 17.5. The van der Waals surface area contributed by atoms with Gasteiger partial charge in [-0.1, -0.05) is 0 Å². The Kier molecular flexibility index (Phi) is 5.67. The average Bonchev–Trinajstić information content (AvgIpc) is 2.46. The highest BCUT2D eigenvalue weighted by atomic mass is 16.6. The molecule has 2 rings (SSSR count). The van der Waals surface area contributed by atoms with Gasteiger partial charge in [0.2, 0.25) is 11.6 Å². The van der Waals surface area contributed by atoms with E-state index >= 15 is 0 Å². The van der Waals surface area contributed by atoms with E-state index in [4.69, 9.17) is 4.74 Å². The third-order valence-corrected chi connectivity index (χ3v) is 3.32. The number of anilines is 2. The topological polar surface area (TPSA) is 105 Å². The van der Waals surface area contributed by atoms with Crippen molar-refractivity contribution in [3.63, 3.8) is 0 Å². The van der Waals surface area contributed by atoms with Crippen LogP contribution in [0.2, 0.25) is 0 Å². The molecule has 0 aliphatic carbocycles. The van der Waals surface area contributed by atoms with Crippen LogP contribution < -0.4 is 10.6 Å². The van der Waals surface area contributed by atoms with Crippen LogP contribution in [0.3, 0.4) is 0 Å². The standard InChI is InChI=1S/C14H24N6O3/c1-14(2,3)18-13-11(20(21)22)12(16-10-17-13)15-4-5-19-6-8-23-9-7-19/h10H,4-9H2,1-3H3,(H2,15,16,17,18). The SMILES string of the molecule is CC(C)(C)Nc1ncnc(NCCN2CCOCC2)c1[N+](=O)[O-]. The van der Waals surface area contributed by atoms with E-state index in [9.17, 15) is 10.1 Å². The first-order valence-corrected chi connectivity index (χ1v) is 7.68. The molecule has 9 heteroatoms. The van der Waals surface area contributed by atoms with E-state index in [2.05, 4.69) is 25.5 Å². The Morgan fingerprint density at radius 3 is 2.57 bits per heavy atom. The van der Waals surface area contributed by atoms with Crippen LogP contribution >= 0.6 is 0 Å². The Hall–Kier alpha value is -2.00. The van der Waals surface area contributed by atoms with Crippen molar-refractivity contribution < 1.29 is 9.66 Å². The molecule has 9 nitrogen and oxygen atoms in total. The van der Waals surface area contributed by atoms with Crippen molar-refractivity contribution in [1.29, 1.82) is 0 Å². The van der Waals surface area contributed by atoms with Gasteiger partial charge in [-0.3, -0.25) is 15.0 Å². The minimum Gasteiger partial charge on any atom is -0.379 e. The number of hydrogen-bond acceptors (Lipinski definition) is 8. The molecular formula is C14H24N6O3. The Balaban J connectivity index is 2.05. The van der Waals surface area contributed by atoms with E-state index in [1.54, 1.807) is 0 Å². The zero-order valence-corrected chi connectivity index (χ0v) is 13.8. The summed E-state index contributed by atoms with van der Waals surface area (Å²) >= 11 is 0. The predicted molar refractivity (Wildman–Crippen MR) is 87.8 cm³/mol. The van der Waals surface area contributed by atoms with Crippen molar-refractivity contribution in [2.75, 3.05) is 50.0 Å². The summed E-state index contributed by atoms with van der Waals surface area (Å²) < 4.78 is 5.30. The summed E-state index contributed by atoms with van der Waals surface area (Å²) in [7, 11) is 0. The van der Waals surface area contributed by atoms with Gasteiger partial charge in [0.05, 0.1) is 18.1 Å². The third kappa shape index (κ3) is 5.29. The number of nitro groups is 1. The van der Waals surface area contributed by atoms with Crippen molar-refractivity contribution in [1.82, 2.24) is 14.9 Å². The van der Waals surface area contributed by atoms with Crippen LogP contribution in [0.1, 0.15) is 20.8 Å². The van der Waals surface area contributed by atoms with Gasteiger partial charge < -0.3 is 15.4 Å². The molecule has 1 aromatic rings. The Morgan fingerprint density at radius 1 is 1.30 bits per heavy atom. The Bertz CT molecular complexity index is 540. The van der Waals surface area contributed by atoms with Crippen molar-refractivity contribution >= 4 is 17.3 Å². The fraction of sp³-hybridized carbons (Fsp3) is 0.714. The summed E-state index contributed by atoms with van der Waals surface area (Å²) in [5.41, 5.74) is -0.450. The first-order valence-electron chi connectivity index (χ1n) is 7.68. The van der Waals surface area contributed by atoms with Crippen LogP contribution in [0.25, 0.3) is 0 Å². The number of ether oxygens (including phenoxy) is 1. The highest BCUT2D eigenvalue weighted by molar-refractivity contribution is 5.69. The molecule has 1 aliphatic heterocycles. The lowest BCUT2D eigenvalue weighted by Crippen LogP contribution is -2.39. The van der Waals surface area contributed by atoms with Gasteiger partial charge in [-0.25, -0.2) is 9.97 Å². The van der Waals surface area contributed by atoms with Gasteiger partial charge in [0, 0.05) is 31.7 Å². The highest BCUT2D eigenvalue weighted by Gasteiger charge is 2.25. The zero-order chi connectivity index (χ0) is 16.9. The normalized spacial score (nSPS) is 16.1. The van der Waals surface area contributed by atoms with E-state index in [1.165, 1.54) is 6.33 Å². The number of aromatic nitrogens is 2. The third-order valence-electron chi connectivity index (χ3n) is 3.32. The van der Waals surface area contributed by atoms with Crippen molar-refractivity contribution in [3.05, 3.63) is 16.4 Å². The molecule has 2 N–H and O–H groups in total. The number of morpholine rings is 1. The summed E-state index contributed by atoms with van der Waals surface area (Å²) in [6, 6.07) is 0. The summed E-state index contributed by atoms with van der Waals surface area (Å²) in [6.07, 6.45) is 1.33. The monoisotopic (exact) mass is 324 g/mol. The number of hydrogen-bond donors (Lipinski definition) is 2. The molecule has 0 bridgehead atoms. The second-order valence-corrected chi connectivity index (χ2v) is 6.43. The average molecular weight is 324 g/mol. The van der Waals surface area contributed by atoms with Gasteiger partial charge in [-0.2, -0.15) is 0 Å². The molecule has 0 radical (unpaired) electrons. The summed E-state index contributed by atoms with van der Waals surface area (Å²) in [4.78, 5) is 21.2. The molecule has 1 aliphatic rings. The van der Waals surface area contributed by atoms with Crippen LogP contribution in [0.5, 0.6) is 0 Å². The number of nitrogens with one attached hydrogen (secondary N) is 2. The maximum atomic E-state index is 11.4. The molecule has 0 amide bonds. The van der Waals surface area contributed by atoms with E-state index in [1.807, 2.05) is 20.8 Å². The first-order chi connectivity index (χ1) is 10.9. The van der Waals surface area contributed by atoms with Crippen molar-refractivity contribution in [2.24, 2.45) is 0 Å². The largest absolute Gasteiger partial charge is 0.379 e. The molecule has 0 spiro atoms. The van der Waals surface area contributed by atoms with Crippen LogP contribution in [0.4, 0.5) is 17.3 Å². The fourth-order valence-corrected chi connectivity index (χ4v) is 2.28. The molecule has 2 heterocycles. The second kappa shape index (κ2) is 7.51. The van der Waals surface area contributed by atoms with E-state index in [-0.39, 0.29) is 22.9 Å². The minimum atomic E-state index is -0.453. The fourth-order valence-electron chi connectivity index (χ4n) is 2.28. The van der Waals surface area contributed by atoms with Crippen LogP contribution in [0, 0.1) is 10.1 Å². The lowest BCUT2D eigenvalue weighted by atomic mass is 10.1. The Labute approximate surface area is 135 Å². The van der Waals surface area contributed by atoms with E-state index < -0.39 is 4.92 Å². The maximum Gasteiger partial charge on any atom is 0.353 e. The lowest BCUT2D eigenvalue weighted by Gasteiger charge is -2.26. The van der Waals surface area contributed by atoms with Gasteiger partial charge in [-0.15, -0.1) is 0 Å². The molecule has 0 atom stereocenters. The first kappa shape index (κ1) is 17.4. The van der Waals surface area contributed by atoms with Crippen molar-refractivity contribution in [2.45, 2.75) is 26.3 Å². The molecule has 1 aromatic heterocycles. The molecule has 0 aromatic carbocycles. The summed E-state index contributed by atoms with van der Waals surface area (Å²) in [5.74, 6) is 0.469. The molecule has 23 heavy (non-hydrogen) atoms. The summed E-state index contributed by atoms with van der Waals surface area (Å²) in [6.45, 7) is 10.3. The lowest BCUT2D eigenvalue weighted by molar-refractivity contribution is -0.383. The predicted octanol–water partition coefficient (Wildman–Crippen LogP) is 1.34. The van der Waals surface area contributed by atoms with Crippen LogP contribution in [0.15, 0.2) is 6.33 Å². The van der Waals surface area contributed by atoms with Gasteiger partial charge in [-0.05, 0) is 20.8 Å². The van der Waals surface area contributed by atoms with E-state index in [0.29, 0.717) is 6.54 Å². The van der Waals surface area contributed by atoms with Crippen LogP contribution in [-0.4, -0.2) is 64.7 Å². The van der Waals surface area contributed by atoms with Crippen molar-refractivity contribution in [3.8, 4) is 0 Å². The molecule has 128 valence electrons. The second-order valence-electron chi connectivity index (χ2n) is 6.43. The number of nitrogens with zero attached hydrogens (tertiary/aromatic N) is 4. The van der Waals surface area contributed by atoms with Gasteiger partial charge in [0.25, 0.3) is 0 Å². The quantitative estimate of drug-likeness (QED) is 0.596. The van der Waals surface area contributed by atoms with Crippen LogP contribution in [-0.2, 0) is 4.74 Å². The van der Waals surface area contributed by atoms with Gasteiger partial charge >= 0.3 is 5.69 Å². The molecule has 0 saturated carbocycles. The zero-order valence-electron chi connectivity index (χ0n) is 13.8. The van der Waals surface area contributed by atoms with Gasteiger partial charge in [0.15, 0.2) is 0 Å². The molecule has 1 fully saturated rings. The number of rotatable bonds is 6. The molecule has 0 unspecified atom stereocenters. The smallest absolute Gasteiger partial charge is 0.353 e. The molecule has 1 saturated heterocycles.